The van der Waals surface area contributed by atoms with Crippen molar-refractivity contribution in [1.82, 2.24) is 14.5 Å². The molecule has 0 N–H and O–H groups in total. The van der Waals surface area contributed by atoms with E-state index in [9.17, 15) is 8.42 Å². The lowest BCUT2D eigenvalue weighted by molar-refractivity contribution is -0.0964. The average Bonchev–Trinajstić information content (AvgIpc) is 2.91. The number of imidazole rings is 1. The van der Waals surface area contributed by atoms with E-state index in [2.05, 4.69) is 9.88 Å². The van der Waals surface area contributed by atoms with Crippen LogP contribution in [0.25, 0.3) is 0 Å². The van der Waals surface area contributed by atoms with E-state index < -0.39 is 9.84 Å². The molecule has 0 bridgehead atoms. The van der Waals surface area contributed by atoms with Crippen molar-refractivity contribution >= 4 is 9.84 Å². The van der Waals surface area contributed by atoms with Crippen LogP contribution in [0.5, 0.6) is 0 Å². The van der Waals surface area contributed by atoms with Gasteiger partial charge in [0, 0.05) is 26.7 Å². The Labute approximate surface area is 174 Å². The van der Waals surface area contributed by atoms with Gasteiger partial charge in [-0.3, -0.25) is 4.90 Å². The van der Waals surface area contributed by atoms with Crippen molar-refractivity contribution in [3.8, 4) is 0 Å². The lowest BCUT2D eigenvalue weighted by Gasteiger charge is -2.27. The zero-order chi connectivity index (χ0) is 20.7. The van der Waals surface area contributed by atoms with Crippen LogP contribution >= 0.6 is 0 Å². The van der Waals surface area contributed by atoms with Gasteiger partial charge in [0.25, 0.3) is 0 Å². The summed E-state index contributed by atoms with van der Waals surface area (Å²) in [5.41, 5.74) is 0.883. The second-order valence-electron chi connectivity index (χ2n) is 8.10. The van der Waals surface area contributed by atoms with E-state index in [1.54, 1.807) is 13.3 Å². The summed E-state index contributed by atoms with van der Waals surface area (Å²) in [6.07, 6.45) is 7.39. The van der Waals surface area contributed by atoms with Gasteiger partial charge in [-0.15, -0.1) is 0 Å². The number of hydrogen-bond acceptors (Lipinski definition) is 7. The first-order valence-corrected chi connectivity index (χ1v) is 12.2. The summed E-state index contributed by atoms with van der Waals surface area (Å²) in [6, 6.07) is 0. The molecule has 1 aromatic heterocycles. The van der Waals surface area contributed by atoms with Gasteiger partial charge in [0.1, 0.15) is 0 Å². The lowest BCUT2D eigenvalue weighted by Crippen LogP contribution is -2.38. The Morgan fingerprint density at radius 1 is 1.24 bits per heavy atom. The maximum atomic E-state index is 13.4. The Morgan fingerprint density at radius 2 is 2.00 bits per heavy atom. The Balaban J connectivity index is 1.76. The zero-order valence-corrected chi connectivity index (χ0v) is 18.5. The molecular weight excluding hydrogens is 394 g/mol. The number of hydrogen-bond donors (Lipinski definition) is 0. The highest BCUT2D eigenvalue weighted by Crippen LogP contribution is 2.28. The van der Waals surface area contributed by atoms with Gasteiger partial charge in [0.15, 0.2) is 0 Å². The van der Waals surface area contributed by atoms with Crippen LogP contribution in [-0.2, 0) is 37.1 Å². The Hall–Kier alpha value is -1.000. The van der Waals surface area contributed by atoms with Gasteiger partial charge in [0.2, 0.25) is 15.0 Å². The number of ether oxygens (including phenoxy) is 3. The molecular formula is C20H35N3O5S. The monoisotopic (exact) mass is 429 g/mol. The molecule has 1 saturated heterocycles. The first kappa shape index (κ1) is 22.7. The first-order chi connectivity index (χ1) is 14.0. The fourth-order valence-corrected chi connectivity index (χ4v) is 6.17. The van der Waals surface area contributed by atoms with Crippen molar-refractivity contribution in [2.45, 2.75) is 68.1 Å². The number of sulfone groups is 1. The van der Waals surface area contributed by atoms with E-state index in [0.29, 0.717) is 39.5 Å². The SMILES string of the molecule is COCCn1c(CN(C)C[C@H]2COCCO2)cnc1S(=O)(=O)C1CCCCCC1. The third kappa shape index (κ3) is 6.01. The molecule has 3 rings (SSSR count). The summed E-state index contributed by atoms with van der Waals surface area (Å²) in [4.78, 5) is 6.51. The fraction of sp³-hybridized carbons (Fsp3) is 0.850. The highest BCUT2D eigenvalue weighted by Gasteiger charge is 2.33. The summed E-state index contributed by atoms with van der Waals surface area (Å²) >= 11 is 0. The van der Waals surface area contributed by atoms with E-state index in [1.165, 1.54) is 0 Å². The molecule has 8 nitrogen and oxygen atoms in total. The summed E-state index contributed by atoms with van der Waals surface area (Å²) in [5, 5.41) is -0.130. The average molecular weight is 430 g/mol. The molecule has 2 heterocycles. The van der Waals surface area contributed by atoms with E-state index in [1.807, 2.05) is 11.6 Å². The maximum absolute atomic E-state index is 13.4. The fourth-order valence-electron chi connectivity index (χ4n) is 4.20. The Bertz CT molecular complexity index is 722. The molecule has 0 aromatic carbocycles. The zero-order valence-electron chi connectivity index (χ0n) is 17.7. The second kappa shape index (κ2) is 10.9. The van der Waals surface area contributed by atoms with Gasteiger partial charge in [-0.2, -0.15) is 0 Å². The van der Waals surface area contributed by atoms with Gasteiger partial charge < -0.3 is 18.8 Å². The van der Waals surface area contributed by atoms with Crippen LogP contribution in [-0.4, -0.2) is 81.4 Å². The molecule has 2 aliphatic rings. The van der Waals surface area contributed by atoms with Crippen LogP contribution < -0.4 is 0 Å². The van der Waals surface area contributed by atoms with Crippen LogP contribution in [0.15, 0.2) is 11.4 Å². The molecule has 0 radical (unpaired) electrons. The minimum atomic E-state index is -3.46. The summed E-state index contributed by atoms with van der Waals surface area (Å²) < 4.78 is 45.0. The molecule has 0 spiro atoms. The van der Waals surface area contributed by atoms with Crippen molar-refractivity contribution in [1.29, 1.82) is 0 Å². The topological polar surface area (TPSA) is 82.9 Å². The van der Waals surface area contributed by atoms with Crippen molar-refractivity contribution in [3.05, 3.63) is 11.9 Å². The number of nitrogens with zero attached hydrogens (tertiary/aromatic N) is 3. The summed E-state index contributed by atoms with van der Waals surface area (Å²) in [5.74, 6) is 0. The number of methoxy groups -OCH3 is 1. The van der Waals surface area contributed by atoms with Crippen LogP contribution in [0.4, 0.5) is 0 Å². The molecule has 1 aliphatic heterocycles. The number of aromatic nitrogens is 2. The van der Waals surface area contributed by atoms with Crippen molar-refractivity contribution < 1.29 is 22.6 Å². The predicted octanol–water partition coefficient (Wildman–Crippen LogP) is 1.87. The molecule has 29 heavy (non-hydrogen) atoms. The van der Waals surface area contributed by atoms with Gasteiger partial charge >= 0.3 is 0 Å². The third-order valence-electron chi connectivity index (χ3n) is 5.75. The van der Waals surface area contributed by atoms with Gasteiger partial charge in [-0.25, -0.2) is 13.4 Å². The molecule has 1 aliphatic carbocycles. The number of likely N-dealkylation sites (N-methyl/N-ethyl adjacent to an activating group) is 1. The predicted molar refractivity (Wildman–Crippen MR) is 110 cm³/mol. The van der Waals surface area contributed by atoms with Crippen molar-refractivity contribution in [2.24, 2.45) is 0 Å². The molecule has 0 amide bonds. The Kier molecular flexibility index (Phi) is 8.49. The molecule has 9 heteroatoms. The molecule has 1 aromatic rings. The molecule has 1 atom stereocenters. The lowest BCUT2D eigenvalue weighted by atomic mass is 10.2. The van der Waals surface area contributed by atoms with Crippen LogP contribution in [0, 0.1) is 0 Å². The van der Waals surface area contributed by atoms with Gasteiger partial charge in [-0.05, 0) is 19.9 Å². The van der Waals surface area contributed by atoms with Gasteiger partial charge in [0.05, 0.1) is 49.7 Å². The van der Waals surface area contributed by atoms with E-state index in [4.69, 9.17) is 14.2 Å². The molecule has 0 unspecified atom stereocenters. The number of rotatable bonds is 9. The normalized spacial score (nSPS) is 22.1. The Morgan fingerprint density at radius 3 is 2.66 bits per heavy atom. The minimum absolute atomic E-state index is 0.0401. The largest absolute Gasteiger partial charge is 0.383 e. The second-order valence-corrected chi connectivity index (χ2v) is 10.2. The van der Waals surface area contributed by atoms with Gasteiger partial charge in [-0.1, -0.05) is 25.7 Å². The smallest absolute Gasteiger partial charge is 0.228 e. The van der Waals surface area contributed by atoms with E-state index in [0.717, 1.165) is 50.8 Å². The first-order valence-electron chi connectivity index (χ1n) is 10.7. The minimum Gasteiger partial charge on any atom is -0.383 e. The highest BCUT2D eigenvalue weighted by atomic mass is 32.2. The highest BCUT2D eigenvalue weighted by molar-refractivity contribution is 7.91. The summed E-state index contributed by atoms with van der Waals surface area (Å²) in [6.45, 7) is 4.09. The maximum Gasteiger partial charge on any atom is 0.228 e. The molecule has 1 saturated carbocycles. The van der Waals surface area contributed by atoms with Crippen molar-refractivity contribution in [2.75, 3.05) is 47.1 Å². The third-order valence-corrected chi connectivity index (χ3v) is 7.93. The van der Waals surface area contributed by atoms with Crippen LogP contribution in [0.1, 0.15) is 44.2 Å². The van der Waals surface area contributed by atoms with E-state index in [-0.39, 0.29) is 16.5 Å². The standard InChI is InChI=1S/C20H35N3O5S/c1-22(15-18-16-27-11-12-28-18)14-17-13-21-20(23(17)9-10-26-2)29(24,25)19-7-5-3-4-6-8-19/h13,18-19H,3-12,14-16H2,1-2H3/t18-/m0/s1. The quantitative estimate of drug-likeness (QED) is 0.554. The van der Waals surface area contributed by atoms with Crippen molar-refractivity contribution in [3.63, 3.8) is 0 Å². The molecule has 2 fully saturated rings. The van der Waals surface area contributed by atoms with E-state index >= 15 is 0 Å². The van der Waals surface area contributed by atoms with Crippen LogP contribution in [0.2, 0.25) is 0 Å². The molecule has 166 valence electrons. The summed E-state index contributed by atoms with van der Waals surface area (Å²) in [7, 11) is 0.177. The van der Waals surface area contributed by atoms with Crippen LogP contribution in [0.3, 0.4) is 0 Å².